The molecule has 3 aromatic carbocycles. The van der Waals surface area contributed by atoms with E-state index in [9.17, 15) is 9.59 Å². The number of rotatable bonds is 5. The Kier molecular flexibility index (Phi) is 4.96. The number of fused-ring (bicyclic) bond motifs is 2. The standard InChI is InChI=1S/C27H18N2O4S/c30-24-20-11-4-5-12-21(20)33-25-22(24)23(29(26(25)31)27-28-13-14-34-27)18-9-6-10-19(15-18)32-16-17-7-2-1-3-8-17/h1-15,23H,16H2/t23-/m0/s1. The largest absolute Gasteiger partial charge is 0.489 e. The van der Waals surface area contributed by atoms with Crippen molar-refractivity contribution in [3.8, 4) is 5.75 Å². The lowest BCUT2D eigenvalue weighted by molar-refractivity contribution is 0.0971. The average molecular weight is 467 g/mol. The lowest BCUT2D eigenvalue weighted by Gasteiger charge is -2.23. The molecule has 1 aliphatic rings. The molecular formula is C27H18N2O4S. The van der Waals surface area contributed by atoms with E-state index in [1.807, 2.05) is 54.6 Å². The van der Waals surface area contributed by atoms with Crippen molar-refractivity contribution in [2.75, 3.05) is 4.90 Å². The third-order valence-electron chi connectivity index (χ3n) is 5.83. The van der Waals surface area contributed by atoms with E-state index in [1.165, 1.54) is 16.2 Å². The summed E-state index contributed by atoms with van der Waals surface area (Å²) >= 11 is 1.33. The van der Waals surface area contributed by atoms with E-state index in [-0.39, 0.29) is 17.1 Å². The second-order valence-electron chi connectivity index (χ2n) is 7.91. The molecule has 1 aliphatic heterocycles. The molecule has 3 heterocycles. The number of nitrogens with zero attached hydrogens (tertiary/aromatic N) is 2. The van der Waals surface area contributed by atoms with Gasteiger partial charge < -0.3 is 9.15 Å². The normalized spacial score (nSPS) is 15.0. The summed E-state index contributed by atoms with van der Waals surface area (Å²) in [5.41, 5.74) is 2.28. The quantitative estimate of drug-likeness (QED) is 0.338. The summed E-state index contributed by atoms with van der Waals surface area (Å²) in [4.78, 5) is 33.0. The third-order valence-corrected chi connectivity index (χ3v) is 6.60. The maximum absolute atomic E-state index is 13.6. The first-order valence-corrected chi connectivity index (χ1v) is 11.6. The number of hydrogen-bond acceptors (Lipinski definition) is 6. The predicted octanol–water partition coefficient (Wildman–Crippen LogP) is 5.58. The third kappa shape index (κ3) is 3.38. The Bertz CT molecular complexity index is 1560. The van der Waals surface area contributed by atoms with Crippen molar-refractivity contribution in [3.05, 3.63) is 123 Å². The molecule has 34 heavy (non-hydrogen) atoms. The van der Waals surface area contributed by atoms with Gasteiger partial charge in [-0.2, -0.15) is 0 Å². The van der Waals surface area contributed by atoms with Gasteiger partial charge in [-0.3, -0.25) is 14.5 Å². The molecule has 5 aromatic rings. The molecule has 6 rings (SSSR count). The molecule has 6 nitrogen and oxygen atoms in total. The number of thiazole rings is 1. The van der Waals surface area contributed by atoms with E-state index >= 15 is 0 Å². The Balaban J connectivity index is 1.47. The number of para-hydroxylation sites is 1. The molecule has 0 aliphatic carbocycles. The van der Waals surface area contributed by atoms with Crippen molar-refractivity contribution >= 4 is 33.3 Å². The number of carbonyl (C=O) groups excluding carboxylic acids is 1. The van der Waals surface area contributed by atoms with Crippen LogP contribution >= 0.6 is 11.3 Å². The summed E-state index contributed by atoms with van der Waals surface area (Å²) in [7, 11) is 0. The first kappa shape index (κ1) is 20.4. The molecule has 0 bridgehead atoms. The molecular weight excluding hydrogens is 448 g/mol. The molecule has 0 fully saturated rings. The lowest BCUT2D eigenvalue weighted by atomic mass is 9.98. The fraction of sp³-hybridized carbons (Fsp3) is 0.0741. The first-order chi connectivity index (χ1) is 16.7. The van der Waals surface area contributed by atoms with E-state index in [0.29, 0.717) is 34.0 Å². The molecule has 0 spiro atoms. The van der Waals surface area contributed by atoms with E-state index in [2.05, 4.69) is 4.98 Å². The van der Waals surface area contributed by atoms with E-state index in [0.717, 1.165) is 11.1 Å². The highest BCUT2D eigenvalue weighted by atomic mass is 32.1. The zero-order chi connectivity index (χ0) is 23.1. The number of anilines is 1. The zero-order valence-corrected chi connectivity index (χ0v) is 18.7. The molecule has 0 radical (unpaired) electrons. The number of carbonyl (C=O) groups is 1. The SMILES string of the molecule is O=C1c2oc3ccccc3c(=O)c2[C@H](c2cccc(OCc3ccccc3)c2)N1c1nccs1. The van der Waals surface area contributed by atoms with Crippen molar-refractivity contribution in [1.29, 1.82) is 0 Å². The smallest absolute Gasteiger partial charge is 0.297 e. The minimum absolute atomic E-state index is 0.0551. The van der Waals surface area contributed by atoms with Crippen molar-refractivity contribution in [2.45, 2.75) is 12.6 Å². The summed E-state index contributed by atoms with van der Waals surface area (Å²) in [6.07, 6.45) is 1.64. The van der Waals surface area contributed by atoms with Crippen LogP contribution in [-0.4, -0.2) is 10.9 Å². The van der Waals surface area contributed by atoms with Crippen LogP contribution in [0.5, 0.6) is 5.75 Å². The van der Waals surface area contributed by atoms with Gasteiger partial charge in [-0.15, -0.1) is 11.3 Å². The highest BCUT2D eigenvalue weighted by Gasteiger charge is 2.44. The van der Waals surface area contributed by atoms with Gasteiger partial charge in [0.15, 0.2) is 10.6 Å². The van der Waals surface area contributed by atoms with E-state index in [1.54, 1.807) is 35.8 Å². The second-order valence-corrected chi connectivity index (χ2v) is 8.78. The minimum atomic E-state index is -0.671. The van der Waals surface area contributed by atoms with Crippen LogP contribution in [0.25, 0.3) is 11.0 Å². The molecule has 1 amide bonds. The maximum atomic E-state index is 13.6. The minimum Gasteiger partial charge on any atom is -0.489 e. The Hall–Kier alpha value is -4.23. The lowest BCUT2D eigenvalue weighted by Crippen LogP contribution is -2.29. The van der Waals surface area contributed by atoms with Crippen LogP contribution in [0.4, 0.5) is 5.13 Å². The monoisotopic (exact) mass is 466 g/mol. The molecule has 166 valence electrons. The summed E-state index contributed by atoms with van der Waals surface area (Å²) in [5.74, 6) is 0.319. The number of ether oxygens (including phenoxy) is 1. The van der Waals surface area contributed by atoms with E-state index < -0.39 is 6.04 Å². The van der Waals surface area contributed by atoms with E-state index in [4.69, 9.17) is 9.15 Å². The van der Waals surface area contributed by atoms with Gasteiger partial charge >= 0.3 is 0 Å². The average Bonchev–Trinajstić information content (AvgIpc) is 3.50. The molecule has 0 saturated carbocycles. The maximum Gasteiger partial charge on any atom is 0.297 e. The van der Waals surface area contributed by atoms with Crippen LogP contribution in [0.1, 0.15) is 33.3 Å². The Morgan fingerprint density at radius 3 is 2.62 bits per heavy atom. The van der Waals surface area contributed by atoms with Gasteiger partial charge in [0.25, 0.3) is 5.91 Å². The second kappa shape index (κ2) is 8.28. The number of aromatic nitrogens is 1. The van der Waals surface area contributed by atoms with Gasteiger partial charge in [-0.05, 0) is 35.4 Å². The molecule has 0 saturated heterocycles. The Morgan fingerprint density at radius 2 is 1.79 bits per heavy atom. The Morgan fingerprint density at radius 1 is 0.971 bits per heavy atom. The van der Waals surface area contributed by atoms with Gasteiger partial charge in [-0.1, -0.05) is 54.6 Å². The highest BCUT2D eigenvalue weighted by molar-refractivity contribution is 7.13. The molecule has 1 atom stereocenters. The fourth-order valence-electron chi connectivity index (χ4n) is 4.28. The van der Waals surface area contributed by atoms with Gasteiger partial charge in [0.05, 0.1) is 17.0 Å². The van der Waals surface area contributed by atoms with Crippen LogP contribution in [0.2, 0.25) is 0 Å². The first-order valence-electron chi connectivity index (χ1n) is 10.8. The summed E-state index contributed by atoms with van der Waals surface area (Å²) in [6, 6.07) is 23.7. The van der Waals surface area contributed by atoms with Gasteiger partial charge in [0.2, 0.25) is 5.76 Å². The highest BCUT2D eigenvalue weighted by Crippen LogP contribution is 2.42. The molecule has 0 N–H and O–H groups in total. The van der Waals surface area contributed by atoms with Crippen molar-refractivity contribution < 1.29 is 13.9 Å². The summed E-state index contributed by atoms with van der Waals surface area (Å²) in [5, 5.41) is 2.74. The summed E-state index contributed by atoms with van der Waals surface area (Å²) in [6.45, 7) is 0.410. The van der Waals surface area contributed by atoms with Gasteiger partial charge in [0, 0.05) is 11.6 Å². The molecule has 0 unspecified atom stereocenters. The summed E-state index contributed by atoms with van der Waals surface area (Å²) < 4.78 is 12.0. The number of benzene rings is 3. The van der Waals surface area contributed by atoms with Crippen LogP contribution < -0.4 is 15.1 Å². The molecule has 7 heteroatoms. The Labute approximate surface area is 198 Å². The molecule has 2 aromatic heterocycles. The van der Waals surface area contributed by atoms with Crippen molar-refractivity contribution in [2.24, 2.45) is 0 Å². The van der Waals surface area contributed by atoms with Crippen LogP contribution in [0.3, 0.4) is 0 Å². The van der Waals surface area contributed by atoms with Crippen LogP contribution in [0, 0.1) is 0 Å². The van der Waals surface area contributed by atoms with Crippen molar-refractivity contribution in [1.82, 2.24) is 4.98 Å². The zero-order valence-electron chi connectivity index (χ0n) is 17.9. The fourth-order valence-corrected chi connectivity index (χ4v) is 4.95. The predicted molar refractivity (Wildman–Crippen MR) is 130 cm³/mol. The van der Waals surface area contributed by atoms with Gasteiger partial charge in [-0.25, -0.2) is 4.98 Å². The van der Waals surface area contributed by atoms with Gasteiger partial charge in [0.1, 0.15) is 17.9 Å². The van der Waals surface area contributed by atoms with Crippen LogP contribution in [-0.2, 0) is 6.61 Å². The number of hydrogen-bond donors (Lipinski definition) is 0. The number of amides is 1. The van der Waals surface area contributed by atoms with Crippen molar-refractivity contribution in [3.63, 3.8) is 0 Å². The van der Waals surface area contributed by atoms with Crippen LogP contribution in [0.15, 0.2) is 99.7 Å². The topological polar surface area (TPSA) is 72.6 Å².